The zero-order valence-corrected chi connectivity index (χ0v) is 9.27. The Balaban J connectivity index is 2.41. The van der Waals surface area contributed by atoms with Crippen LogP contribution in [0.1, 0.15) is 18.6 Å². The molecule has 16 heavy (non-hydrogen) atoms. The van der Waals surface area contributed by atoms with E-state index in [1.807, 2.05) is 0 Å². The van der Waals surface area contributed by atoms with Crippen LogP contribution in [0.25, 0.3) is 0 Å². The minimum Gasteiger partial charge on any atom is -0.493 e. The molecule has 5 nitrogen and oxygen atoms in total. The first-order chi connectivity index (χ1) is 7.63. The molecule has 1 aromatic rings. The second-order valence-corrected chi connectivity index (χ2v) is 3.76. The van der Waals surface area contributed by atoms with Gasteiger partial charge in [-0.2, -0.15) is 0 Å². The van der Waals surface area contributed by atoms with E-state index in [4.69, 9.17) is 19.9 Å². The number of aliphatic hydroxyl groups excluding tert-OH is 1. The summed E-state index contributed by atoms with van der Waals surface area (Å²) in [6.45, 7) is 1.91. The van der Waals surface area contributed by atoms with Gasteiger partial charge in [0, 0.05) is 6.04 Å². The van der Waals surface area contributed by atoms with Gasteiger partial charge in [-0.3, -0.25) is 0 Å². The third-order valence-corrected chi connectivity index (χ3v) is 2.52. The first-order valence-electron chi connectivity index (χ1n) is 5.04. The highest BCUT2D eigenvalue weighted by molar-refractivity contribution is 5.55. The maximum absolute atomic E-state index is 9.87. The van der Waals surface area contributed by atoms with Gasteiger partial charge < -0.3 is 25.1 Å². The summed E-state index contributed by atoms with van der Waals surface area (Å²) in [6, 6.07) is 3.07. The number of hydrogen-bond acceptors (Lipinski definition) is 5. The Hall–Kier alpha value is -1.46. The van der Waals surface area contributed by atoms with Crippen molar-refractivity contribution in [1.29, 1.82) is 0 Å². The van der Waals surface area contributed by atoms with Gasteiger partial charge in [-0.1, -0.05) is 0 Å². The summed E-state index contributed by atoms with van der Waals surface area (Å²) in [5.74, 6) is 1.70. The number of nitrogens with two attached hydrogens (primary N) is 1. The minimum atomic E-state index is -0.747. The standard InChI is InChI=1S/C11H15NO4/c1-6(12)10(13)7-3-8(14-2)11-9(4-7)15-5-16-11/h3-4,6,10,13H,5,12H2,1-2H3. The van der Waals surface area contributed by atoms with Crippen molar-refractivity contribution in [2.75, 3.05) is 13.9 Å². The summed E-state index contributed by atoms with van der Waals surface area (Å²) in [5.41, 5.74) is 6.30. The lowest BCUT2D eigenvalue weighted by atomic mass is 10.0. The summed E-state index contributed by atoms with van der Waals surface area (Å²) < 4.78 is 15.7. The third-order valence-electron chi connectivity index (χ3n) is 2.52. The van der Waals surface area contributed by atoms with Crippen molar-refractivity contribution in [2.45, 2.75) is 19.1 Å². The molecule has 0 radical (unpaired) electrons. The van der Waals surface area contributed by atoms with Gasteiger partial charge in [0.2, 0.25) is 12.5 Å². The SMILES string of the molecule is COc1cc(C(O)C(C)N)cc2c1OCO2. The molecule has 2 atom stereocenters. The van der Waals surface area contributed by atoms with Gasteiger partial charge in [0.1, 0.15) is 0 Å². The van der Waals surface area contributed by atoms with Crippen LogP contribution in [0, 0.1) is 0 Å². The maximum Gasteiger partial charge on any atom is 0.231 e. The Morgan fingerprint density at radius 3 is 2.81 bits per heavy atom. The number of benzene rings is 1. The van der Waals surface area contributed by atoms with Crippen LogP contribution >= 0.6 is 0 Å². The molecule has 0 aromatic heterocycles. The van der Waals surface area contributed by atoms with E-state index in [2.05, 4.69) is 0 Å². The molecule has 2 rings (SSSR count). The minimum absolute atomic E-state index is 0.170. The molecule has 0 aliphatic carbocycles. The van der Waals surface area contributed by atoms with Gasteiger partial charge in [0.15, 0.2) is 11.5 Å². The Labute approximate surface area is 93.7 Å². The van der Waals surface area contributed by atoms with Crippen molar-refractivity contribution >= 4 is 0 Å². The van der Waals surface area contributed by atoms with E-state index < -0.39 is 6.10 Å². The van der Waals surface area contributed by atoms with E-state index in [1.165, 1.54) is 0 Å². The molecule has 0 bridgehead atoms. The van der Waals surface area contributed by atoms with Crippen LogP contribution in [-0.2, 0) is 0 Å². The van der Waals surface area contributed by atoms with Crippen LogP contribution in [0.5, 0.6) is 17.2 Å². The van der Waals surface area contributed by atoms with Crippen molar-refractivity contribution in [3.63, 3.8) is 0 Å². The van der Waals surface area contributed by atoms with Gasteiger partial charge in [0.25, 0.3) is 0 Å². The van der Waals surface area contributed by atoms with Crippen molar-refractivity contribution in [1.82, 2.24) is 0 Å². The van der Waals surface area contributed by atoms with Gasteiger partial charge in [-0.25, -0.2) is 0 Å². The van der Waals surface area contributed by atoms with Crippen LogP contribution in [0.2, 0.25) is 0 Å². The van der Waals surface area contributed by atoms with Crippen LogP contribution in [0.3, 0.4) is 0 Å². The smallest absolute Gasteiger partial charge is 0.231 e. The largest absolute Gasteiger partial charge is 0.493 e. The van der Waals surface area contributed by atoms with E-state index in [0.29, 0.717) is 22.8 Å². The maximum atomic E-state index is 9.87. The topological polar surface area (TPSA) is 73.9 Å². The third kappa shape index (κ3) is 1.79. The van der Waals surface area contributed by atoms with E-state index in [-0.39, 0.29) is 12.8 Å². The quantitative estimate of drug-likeness (QED) is 0.796. The van der Waals surface area contributed by atoms with Crippen molar-refractivity contribution in [3.05, 3.63) is 17.7 Å². The molecule has 0 saturated carbocycles. The van der Waals surface area contributed by atoms with Crippen LogP contribution in [-0.4, -0.2) is 25.1 Å². The first kappa shape index (κ1) is 11.0. The second-order valence-electron chi connectivity index (χ2n) is 3.76. The fourth-order valence-corrected chi connectivity index (χ4v) is 1.62. The van der Waals surface area contributed by atoms with E-state index in [9.17, 15) is 5.11 Å². The average Bonchev–Trinajstić information content (AvgIpc) is 2.74. The lowest BCUT2D eigenvalue weighted by Gasteiger charge is -2.16. The van der Waals surface area contributed by atoms with Crippen LogP contribution in [0.15, 0.2) is 12.1 Å². The molecular formula is C11H15NO4. The molecule has 0 spiro atoms. The second kappa shape index (κ2) is 4.19. The molecule has 1 aliphatic heterocycles. The Bertz CT molecular complexity index is 392. The lowest BCUT2D eigenvalue weighted by Crippen LogP contribution is -2.24. The Morgan fingerprint density at radius 2 is 2.19 bits per heavy atom. The summed E-state index contributed by atoms with van der Waals surface area (Å²) in [7, 11) is 1.54. The number of hydrogen-bond donors (Lipinski definition) is 2. The Morgan fingerprint density at radius 1 is 1.44 bits per heavy atom. The number of aliphatic hydroxyl groups is 1. The van der Waals surface area contributed by atoms with Gasteiger partial charge in [-0.15, -0.1) is 0 Å². The average molecular weight is 225 g/mol. The Kier molecular flexibility index (Phi) is 2.89. The predicted octanol–water partition coefficient (Wildman–Crippen LogP) is 0.804. The number of fused-ring (bicyclic) bond motifs is 1. The highest BCUT2D eigenvalue weighted by atomic mass is 16.7. The summed E-state index contributed by atoms with van der Waals surface area (Å²) >= 11 is 0. The monoisotopic (exact) mass is 225 g/mol. The van der Waals surface area contributed by atoms with E-state index >= 15 is 0 Å². The summed E-state index contributed by atoms with van der Waals surface area (Å²) in [5, 5.41) is 9.87. The number of ether oxygens (including phenoxy) is 3. The van der Waals surface area contributed by atoms with Gasteiger partial charge >= 0.3 is 0 Å². The highest BCUT2D eigenvalue weighted by Gasteiger charge is 2.23. The summed E-state index contributed by atoms with van der Waals surface area (Å²) in [4.78, 5) is 0. The molecule has 2 unspecified atom stereocenters. The molecule has 0 saturated heterocycles. The normalized spacial score (nSPS) is 17.0. The highest BCUT2D eigenvalue weighted by Crippen LogP contribution is 2.43. The van der Waals surface area contributed by atoms with Crippen molar-refractivity contribution in [2.24, 2.45) is 5.73 Å². The predicted molar refractivity (Wildman–Crippen MR) is 57.7 cm³/mol. The van der Waals surface area contributed by atoms with Crippen LogP contribution in [0.4, 0.5) is 0 Å². The fraction of sp³-hybridized carbons (Fsp3) is 0.455. The zero-order valence-electron chi connectivity index (χ0n) is 9.27. The molecule has 5 heteroatoms. The van der Waals surface area contributed by atoms with Crippen molar-refractivity contribution < 1.29 is 19.3 Å². The molecule has 1 heterocycles. The van der Waals surface area contributed by atoms with Crippen LogP contribution < -0.4 is 19.9 Å². The van der Waals surface area contributed by atoms with E-state index in [1.54, 1.807) is 26.2 Å². The fourth-order valence-electron chi connectivity index (χ4n) is 1.62. The number of rotatable bonds is 3. The van der Waals surface area contributed by atoms with E-state index in [0.717, 1.165) is 0 Å². The lowest BCUT2D eigenvalue weighted by molar-refractivity contribution is 0.152. The molecule has 3 N–H and O–H groups in total. The molecule has 1 aliphatic rings. The first-order valence-corrected chi connectivity index (χ1v) is 5.04. The molecule has 88 valence electrons. The molecule has 1 aromatic carbocycles. The zero-order chi connectivity index (χ0) is 11.7. The number of methoxy groups -OCH3 is 1. The van der Waals surface area contributed by atoms with Gasteiger partial charge in [-0.05, 0) is 24.6 Å². The summed E-state index contributed by atoms with van der Waals surface area (Å²) in [6.07, 6.45) is -0.747. The molecule has 0 fully saturated rings. The molecular weight excluding hydrogens is 210 g/mol. The molecule has 0 amide bonds. The van der Waals surface area contributed by atoms with Crippen molar-refractivity contribution in [3.8, 4) is 17.2 Å². The van der Waals surface area contributed by atoms with Gasteiger partial charge in [0.05, 0.1) is 13.2 Å².